The van der Waals surface area contributed by atoms with Crippen LogP contribution in [0, 0.1) is 0 Å². The van der Waals surface area contributed by atoms with E-state index < -0.39 is 5.92 Å². The maximum absolute atomic E-state index is 16.0. The van der Waals surface area contributed by atoms with Crippen LogP contribution in [0.25, 0.3) is 60.6 Å². The highest BCUT2D eigenvalue weighted by molar-refractivity contribution is 6.13. The summed E-state index contributed by atoms with van der Waals surface area (Å²) in [7, 11) is 0. The molecule has 2 heterocycles. The van der Waals surface area contributed by atoms with Crippen molar-refractivity contribution in [2.75, 3.05) is 0 Å². The Balaban J connectivity index is 1.50. The molecular formula is C31H17F2NO. The summed E-state index contributed by atoms with van der Waals surface area (Å²) in [5.41, 5.74) is 5.11. The van der Waals surface area contributed by atoms with Gasteiger partial charge in [0.2, 0.25) is 0 Å². The summed E-state index contributed by atoms with van der Waals surface area (Å²) >= 11 is 0. The molecule has 2 nitrogen and oxygen atoms in total. The first-order valence-corrected chi connectivity index (χ1v) is 11.6. The molecule has 0 unspecified atom stereocenters. The first kappa shape index (κ1) is 18.9. The average Bonchev–Trinajstić information content (AvgIpc) is 3.49. The van der Waals surface area contributed by atoms with Crippen molar-refractivity contribution in [2.24, 2.45) is 0 Å². The minimum absolute atomic E-state index is 0.00211. The number of fused-ring (bicyclic) bond motifs is 9. The fraction of sp³-hybridized carbons (Fsp3) is 0.0323. The van der Waals surface area contributed by atoms with Gasteiger partial charge in [0.15, 0.2) is 0 Å². The van der Waals surface area contributed by atoms with E-state index in [1.165, 1.54) is 6.07 Å². The first-order valence-electron chi connectivity index (χ1n) is 11.6. The maximum Gasteiger partial charge on any atom is 0.299 e. The number of hydrogen-bond donors (Lipinski definition) is 0. The molecule has 2 aromatic heterocycles. The predicted octanol–water partition coefficient (Wildman–Crippen LogP) is 8.80. The quantitative estimate of drug-likeness (QED) is 0.241. The van der Waals surface area contributed by atoms with Crippen LogP contribution in [-0.4, -0.2) is 4.57 Å². The molecule has 0 saturated heterocycles. The van der Waals surface area contributed by atoms with E-state index in [9.17, 15) is 0 Å². The molecule has 166 valence electrons. The second-order valence-electron chi connectivity index (χ2n) is 9.17. The summed E-state index contributed by atoms with van der Waals surface area (Å²) in [4.78, 5) is 0. The summed E-state index contributed by atoms with van der Waals surface area (Å²) < 4.78 is 40.0. The molecule has 5 aromatic carbocycles. The number of para-hydroxylation sites is 3. The Morgan fingerprint density at radius 3 is 2.03 bits per heavy atom. The van der Waals surface area contributed by atoms with Crippen molar-refractivity contribution >= 4 is 43.7 Å². The lowest BCUT2D eigenvalue weighted by molar-refractivity contribution is 0.0481. The van der Waals surface area contributed by atoms with E-state index in [4.69, 9.17) is 4.42 Å². The number of hydrogen-bond acceptors (Lipinski definition) is 1. The van der Waals surface area contributed by atoms with Gasteiger partial charge in [-0.2, -0.15) is 8.78 Å². The van der Waals surface area contributed by atoms with E-state index in [1.54, 1.807) is 6.07 Å². The highest BCUT2D eigenvalue weighted by Gasteiger charge is 2.45. The maximum atomic E-state index is 16.0. The predicted molar refractivity (Wildman–Crippen MR) is 136 cm³/mol. The number of halogens is 2. The van der Waals surface area contributed by atoms with Gasteiger partial charge in [-0.3, -0.25) is 0 Å². The van der Waals surface area contributed by atoms with Gasteiger partial charge in [-0.05, 0) is 59.7 Å². The highest BCUT2D eigenvalue weighted by Crippen LogP contribution is 2.54. The van der Waals surface area contributed by atoms with E-state index in [0.29, 0.717) is 22.3 Å². The molecule has 0 saturated carbocycles. The topological polar surface area (TPSA) is 18.1 Å². The molecule has 0 N–H and O–H groups in total. The van der Waals surface area contributed by atoms with Gasteiger partial charge < -0.3 is 8.98 Å². The number of aromatic nitrogens is 1. The lowest BCUT2D eigenvalue weighted by Gasteiger charge is -2.13. The Hall–Kier alpha value is -4.44. The Morgan fingerprint density at radius 2 is 1.20 bits per heavy atom. The third-order valence-electron chi connectivity index (χ3n) is 7.31. The summed E-state index contributed by atoms with van der Waals surface area (Å²) in [6.45, 7) is 0. The third-order valence-corrected chi connectivity index (χ3v) is 7.31. The van der Waals surface area contributed by atoms with Crippen molar-refractivity contribution in [3.8, 4) is 16.8 Å². The minimum atomic E-state index is -3.12. The number of alkyl halides is 2. The lowest BCUT2D eigenvalue weighted by Crippen LogP contribution is -2.11. The Morgan fingerprint density at radius 1 is 0.543 bits per heavy atom. The molecule has 1 aliphatic carbocycles. The average molecular weight is 457 g/mol. The van der Waals surface area contributed by atoms with Crippen LogP contribution < -0.4 is 0 Å². The van der Waals surface area contributed by atoms with Crippen LogP contribution in [0.3, 0.4) is 0 Å². The van der Waals surface area contributed by atoms with Crippen LogP contribution in [0.2, 0.25) is 0 Å². The molecule has 0 fully saturated rings. The first-order chi connectivity index (χ1) is 17.1. The minimum Gasteiger partial charge on any atom is -0.456 e. The SMILES string of the molecule is FC1(F)c2cc3oc4ccccc4c3cc2-c2cc3c4ccccc4n(-c4ccccc4)c3cc21. The Bertz CT molecular complexity index is 1980. The van der Waals surface area contributed by atoms with E-state index >= 15 is 8.78 Å². The van der Waals surface area contributed by atoms with Crippen molar-refractivity contribution in [3.05, 3.63) is 114 Å². The van der Waals surface area contributed by atoms with Gasteiger partial charge in [-0.1, -0.05) is 54.6 Å². The smallest absolute Gasteiger partial charge is 0.299 e. The number of benzene rings is 5. The molecule has 8 rings (SSSR count). The van der Waals surface area contributed by atoms with Gasteiger partial charge in [0, 0.05) is 38.4 Å². The largest absolute Gasteiger partial charge is 0.456 e. The van der Waals surface area contributed by atoms with Gasteiger partial charge in [0.05, 0.1) is 11.0 Å². The number of furan rings is 1. The van der Waals surface area contributed by atoms with Crippen LogP contribution in [0.4, 0.5) is 8.78 Å². The normalized spacial score (nSPS) is 14.2. The molecule has 0 aliphatic heterocycles. The van der Waals surface area contributed by atoms with Crippen LogP contribution in [0.5, 0.6) is 0 Å². The van der Waals surface area contributed by atoms with Crippen LogP contribution in [-0.2, 0) is 5.92 Å². The lowest BCUT2D eigenvalue weighted by atomic mass is 10.0. The molecule has 0 bridgehead atoms. The van der Waals surface area contributed by atoms with E-state index in [0.717, 1.165) is 38.3 Å². The molecule has 1 aliphatic rings. The molecule has 0 spiro atoms. The van der Waals surface area contributed by atoms with Crippen LogP contribution in [0.15, 0.2) is 108 Å². The van der Waals surface area contributed by atoms with E-state index in [1.807, 2.05) is 84.9 Å². The second kappa shape index (κ2) is 6.36. The zero-order chi connectivity index (χ0) is 23.3. The van der Waals surface area contributed by atoms with E-state index in [2.05, 4.69) is 10.6 Å². The van der Waals surface area contributed by atoms with Gasteiger partial charge >= 0.3 is 0 Å². The van der Waals surface area contributed by atoms with Crippen molar-refractivity contribution in [1.82, 2.24) is 4.57 Å². The molecule has 7 aromatic rings. The van der Waals surface area contributed by atoms with Crippen molar-refractivity contribution in [1.29, 1.82) is 0 Å². The van der Waals surface area contributed by atoms with E-state index in [-0.39, 0.29) is 11.1 Å². The molecule has 4 heteroatoms. The third kappa shape index (κ3) is 2.36. The molecule has 0 amide bonds. The van der Waals surface area contributed by atoms with Gasteiger partial charge in [0.25, 0.3) is 5.92 Å². The molecular weight excluding hydrogens is 440 g/mol. The van der Waals surface area contributed by atoms with Gasteiger partial charge in [-0.15, -0.1) is 0 Å². The van der Waals surface area contributed by atoms with Crippen LogP contribution in [0.1, 0.15) is 11.1 Å². The fourth-order valence-electron chi connectivity index (χ4n) is 5.75. The standard InChI is InChI=1S/C31H17F2NO/c32-31(33)25-16-28-23(19-10-4-6-12-27(19)34(28)18-8-2-1-3-9-18)14-21(25)22-15-24-20-11-5-7-13-29(20)35-30(24)17-26(22)31/h1-17H. The van der Waals surface area contributed by atoms with Gasteiger partial charge in [-0.25, -0.2) is 0 Å². The summed E-state index contributed by atoms with van der Waals surface area (Å²) in [6, 6.07) is 32.7. The highest BCUT2D eigenvalue weighted by atomic mass is 19.3. The Kier molecular flexibility index (Phi) is 3.44. The second-order valence-corrected chi connectivity index (χ2v) is 9.17. The number of nitrogens with zero attached hydrogens (tertiary/aromatic N) is 1. The van der Waals surface area contributed by atoms with Crippen molar-refractivity contribution < 1.29 is 13.2 Å². The zero-order valence-corrected chi connectivity index (χ0v) is 18.4. The Labute approximate surface area is 198 Å². The fourth-order valence-corrected chi connectivity index (χ4v) is 5.75. The van der Waals surface area contributed by atoms with Crippen molar-refractivity contribution in [2.45, 2.75) is 5.92 Å². The molecule has 35 heavy (non-hydrogen) atoms. The summed E-state index contributed by atoms with van der Waals surface area (Å²) in [5.74, 6) is -3.12. The molecule has 0 atom stereocenters. The summed E-state index contributed by atoms with van der Waals surface area (Å²) in [5, 5.41) is 3.79. The monoisotopic (exact) mass is 457 g/mol. The summed E-state index contributed by atoms with van der Waals surface area (Å²) in [6.07, 6.45) is 0. The zero-order valence-electron chi connectivity index (χ0n) is 18.4. The molecule has 0 radical (unpaired) electrons. The number of rotatable bonds is 1. The van der Waals surface area contributed by atoms with Gasteiger partial charge in [0.1, 0.15) is 11.2 Å². The van der Waals surface area contributed by atoms with Crippen LogP contribution >= 0.6 is 0 Å². The van der Waals surface area contributed by atoms with Crippen molar-refractivity contribution in [3.63, 3.8) is 0 Å².